The number of piperidine rings is 1. The lowest BCUT2D eigenvalue weighted by atomic mass is 9.91. The fraction of sp³-hybridized carbons (Fsp3) is 0.500. The van der Waals surface area contributed by atoms with Crippen molar-refractivity contribution in [2.45, 2.75) is 69.2 Å². The molecule has 3 aliphatic rings. The van der Waals surface area contributed by atoms with Gasteiger partial charge in [0.05, 0.1) is 4.90 Å². The normalized spacial score (nSPS) is 22.3. The van der Waals surface area contributed by atoms with E-state index < -0.39 is 10.0 Å². The number of anilines is 1. The first-order valence-corrected chi connectivity index (χ1v) is 13.4. The van der Waals surface area contributed by atoms with Crippen molar-refractivity contribution in [2.24, 2.45) is 5.92 Å². The van der Waals surface area contributed by atoms with Gasteiger partial charge in [0.2, 0.25) is 15.9 Å². The zero-order chi connectivity index (χ0) is 22.3. The van der Waals surface area contributed by atoms with Crippen LogP contribution in [0, 0.1) is 5.92 Å². The highest BCUT2D eigenvalue weighted by atomic mass is 32.2. The van der Waals surface area contributed by atoms with Crippen molar-refractivity contribution in [2.75, 3.05) is 18.0 Å². The molecule has 2 heterocycles. The maximum absolute atomic E-state index is 13.5. The third kappa shape index (κ3) is 3.88. The molecular weight excluding hydrogens is 420 g/mol. The van der Waals surface area contributed by atoms with Crippen LogP contribution in [0.3, 0.4) is 0 Å². The molecule has 0 bridgehead atoms. The van der Waals surface area contributed by atoms with E-state index in [0.717, 1.165) is 37.8 Å². The average molecular weight is 453 g/mol. The number of benzene rings is 2. The fourth-order valence-corrected chi connectivity index (χ4v) is 7.10. The van der Waals surface area contributed by atoms with Gasteiger partial charge in [-0.15, -0.1) is 0 Å². The second kappa shape index (κ2) is 8.64. The van der Waals surface area contributed by atoms with E-state index in [4.69, 9.17) is 0 Å². The molecule has 0 saturated carbocycles. The highest BCUT2D eigenvalue weighted by Crippen LogP contribution is 2.34. The Morgan fingerprint density at radius 3 is 2.38 bits per heavy atom. The topological polar surface area (TPSA) is 57.7 Å². The van der Waals surface area contributed by atoms with E-state index in [1.807, 2.05) is 35.2 Å². The number of carbonyl (C=O) groups excluding carboxylic acids is 1. The summed E-state index contributed by atoms with van der Waals surface area (Å²) in [5, 5.41) is 0. The number of amides is 1. The number of sulfonamides is 1. The standard InChI is InChI=1S/C26H32N2O3S/c1-19-10-11-21-7-4-5-9-25(21)28(19)26(29)22-14-16-27(17-15-22)32(30,31)24-13-12-20-6-2-3-8-23(20)18-24/h4-5,7,9,12-13,18-19,22H,2-3,6,8,10-11,14-17H2,1H3. The number of nitrogens with zero attached hydrogens (tertiary/aromatic N) is 2. The highest BCUT2D eigenvalue weighted by Gasteiger charge is 2.37. The summed E-state index contributed by atoms with van der Waals surface area (Å²) in [6, 6.07) is 14.0. The van der Waals surface area contributed by atoms with Crippen molar-refractivity contribution in [1.82, 2.24) is 4.31 Å². The number of para-hydroxylation sites is 1. The molecule has 2 aliphatic heterocycles. The smallest absolute Gasteiger partial charge is 0.243 e. The van der Waals surface area contributed by atoms with Crippen molar-refractivity contribution in [3.8, 4) is 0 Å². The first-order chi connectivity index (χ1) is 15.4. The molecule has 1 fully saturated rings. The average Bonchev–Trinajstić information content (AvgIpc) is 2.83. The number of hydrogen-bond donors (Lipinski definition) is 0. The Bertz CT molecular complexity index is 1120. The van der Waals surface area contributed by atoms with Crippen LogP contribution in [0.2, 0.25) is 0 Å². The van der Waals surface area contributed by atoms with Crippen molar-refractivity contribution in [3.05, 3.63) is 59.2 Å². The van der Waals surface area contributed by atoms with Crippen molar-refractivity contribution < 1.29 is 13.2 Å². The molecule has 5 rings (SSSR count). The molecule has 32 heavy (non-hydrogen) atoms. The van der Waals surface area contributed by atoms with Gasteiger partial charge in [-0.3, -0.25) is 4.79 Å². The van der Waals surface area contributed by atoms with Crippen molar-refractivity contribution in [3.63, 3.8) is 0 Å². The summed E-state index contributed by atoms with van der Waals surface area (Å²) in [5.41, 5.74) is 4.72. The van der Waals surface area contributed by atoms with E-state index in [-0.39, 0.29) is 17.9 Å². The predicted octanol–water partition coefficient (Wildman–Crippen LogP) is 4.33. The molecule has 1 atom stereocenters. The Morgan fingerprint density at radius 2 is 1.59 bits per heavy atom. The van der Waals surface area contributed by atoms with Crippen LogP contribution in [0.5, 0.6) is 0 Å². The Hall–Kier alpha value is -2.18. The van der Waals surface area contributed by atoms with Gasteiger partial charge in [0.15, 0.2) is 0 Å². The highest BCUT2D eigenvalue weighted by molar-refractivity contribution is 7.89. The van der Waals surface area contributed by atoms with Gasteiger partial charge in [0.1, 0.15) is 0 Å². The molecule has 170 valence electrons. The third-order valence-corrected chi connectivity index (χ3v) is 9.42. The van der Waals surface area contributed by atoms with E-state index in [0.29, 0.717) is 30.8 Å². The van der Waals surface area contributed by atoms with Crippen LogP contribution in [-0.2, 0) is 34.1 Å². The number of rotatable bonds is 3. The molecule has 1 saturated heterocycles. The monoisotopic (exact) mass is 452 g/mol. The second-order valence-corrected chi connectivity index (χ2v) is 11.5. The molecular formula is C26H32N2O3S. The second-order valence-electron chi connectivity index (χ2n) is 9.54. The van der Waals surface area contributed by atoms with Gasteiger partial charge in [-0.05, 0) is 93.2 Å². The van der Waals surface area contributed by atoms with Crippen LogP contribution >= 0.6 is 0 Å². The summed E-state index contributed by atoms with van der Waals surface area (Å²) in [6.45, 7) is 2.92. The SMILES string of the molecule is CC1CCc2ccccc2N1C(=O)C1CCN(S(=O)(=O)c2ccc3c(c2)CCCC3)CC1. The van der Waals surface area contributed by atoms with Crippen LogP contribution in [0.1, 0.15) is 55.7 Å². The lowest BCUT2D eigenvalue weighted by Gasteiger charge is -2.39. The van der Waals surface area contributed by atoms with Crippen LogP contribution < -0.4 is 4.90 Å². The summed E-state index contributed by atoms with van der Waals surface area (Å²) in [6.07, 6.45) is 7.43. The van der Waals surface area contributed by atoms with Gasteiger partial charge in [-0.1, -0.05) is 24.3 Å². The minimum absolute atomic E-state index is 0.126. The summed E-state index contributed by atoms with van der Waals surface area (Å²) in [5.74, 6) is 0.0223. The van der Waals surface area contributed by atoms with Crippen LogP contribution in [0.15, 0.2) is 47.4 Å². The molecule has 6 heteroatoms. The Kier molecular flexibility index (Phi) is 5.84. The minimum atomic E-state index is -3.52. The minimum Gasteiger partial charge on any atom is -0.309 e. The van der Waals surface area contributed by atoms with E-state index in [9.17, 15) is 13.2 Å². The maximum atomic E-state index is 13.5. The lowest BCUT2D eigenvalue weighted by Crippen LogP contribution is -2.48. The van der Waals surface area contributed by atoms with Gasteiger partial charge >= 0.3 is 0 Å². The Labute approximate surface area is 191 Å². The first kappa shape index (κ1) is 21.7. The molecule has 2 aromatic carbocycles. The molecule has 0 aromatic heterocycles. The maximum Gasteiger partial charge on any atom is 0.243 e. The third-order valence-electron chi connectivity index (χ3n) is 7.52. The van der Waals surface area contributed by atoms with E-state index in [2.05, 4.69) is 13.0 Å². The molecule has 0 spiro atoms. The van der Waals surface area contributed by atoms with E-state index >= 15 is 0 Å². The van der Waals surface area contributed by atoms with Crippen molar-refractivity contribution >= 4 is 21.6 Å². The van der Waals surface area contributed by atoms with Crippen LogP contribution in [0.25, 0.3) is 0 Å². The van der Waals surface area contributed by atoms with Crippen molar-refractivity contribution in [1.29, 1.82) is 0 Å². The van der Waals surface area contributed by atoms with Crippen LogP contribution in [0.4, 0.5) is 5.69 Å². The first-order valence-electron chi connectivity index (χ1n) is 12.0. The molecule has 1 unspecified atom stereocenters. The number of fused-ring (bicyclic) bond motifs is 2. The summed E-state index contributed by atoms with van der Waals surface area (Å²) < 4.78 is 28.2. The summed E-state index contributed by atoms with van der Waals surface area (Å²) in [7, 11) is -3.52. The zero-order valence-electron chi connectivity index (χ0n) is 18.8. The number of aryl methyl sites for hydroxylation is 3. The number of carbonyl (C=O) groups is 1. The largest absolute Gasteiger partial charge is 0.309 e. The Balaban J connectivity index is 1.29. The van der Waals surface area contributed by atoms with Gasteiger partial charge in [0, 0.05) is 30.7 Å². The predicted molar refractivity (Wildman–Crippen MR) is 126 cm³/mol. The quantitative estimate of drug-likeness (QED) is 0.696. The zero-order valence-corrected chi connectivity index (χ0v) is 19.6. The summed E-state index contributed by atoms with van der Waals surface area (Å²) in [4.78, 5) is 15.8. The molecule has 1 amide bonds. The van der Waals surface area contributed by atoms with Crippen LogP contribution in [-0.4, -0.2) is 37.8 Å². The molecule has 5 nitrogen and oxygen atoms in total. The van der Waals surface area contributed by atoms with Gasteiger partial charge in [0.25, 0.3) is 0 Å². The molecule has 0 N–H and O–H groups in total. The summed E-state index contributed by atoms with van der Waals surface area (Å²) >= 11 is 0. The van der Waals surface area contributed by atoms with E-state index in [1.165, 1.54) is 23.1 Å². The lowest BCUT2D eigenvalue weighted by molar-refractivity contribution is -0.124. The van der Waals surface area contributed by atoms with Gasteiger partial charge < -0.3 is 4.90 Å². The molecule has 1 aliphatic carbocycles. The fourth-order valence-electron chi connectivity index (χ4n) is 5.58. The van der Waals surface area contributed by atoms with Gasteiger partial charge in [-0.2, -0.15) is 4.31 Å². The number of hydrogen-bond acceptors (Lipinski definition) is 3. The van der Waals surface area contributed by atoms with E-state index in [1.54, 1.807) is 10.4 Å². The molecule has 0 radical (unpaired) electrons. The Morgan fingerprint density at radius 1 is 0.875 bits per heavy atom. The molecule has 2 aromatic rings. The van der Waals surface area contributed by atoms with Gasteiger partial charge in [-0.25, -0.2) is 8.42 Å².